The molecule has 0 aromatic heterocycles. The molecule has 0 aromatic carbocycles. The highest BCUT2D eigenvalue weighted by Crippen LogP contribution is 2.29. The second kappa shape index (κ2) is 7.43. The van der Waals surface area contributed by atoms with E-state index in [-0.39, 0.29) is 17.9 Å². The summed E-state index contributed by atoms with van der Waals surface area (Å²) in [6.45, 7) is 12.0. The summed E-state index contributed by atoms with van der Waals surface area (Å²) in [5, 5.41) is 0. The Morgan fingerprint density at radius 1 is 1.38 bits per heavy atom. The summed E-state index contributed by atoms with van der Waals surface area (Å²) in [4.78, 5) is 18.7. The summed E-state index contributed by atoms with van der Waals surface area (Å²) in [7, 11) is 3.35. The van der Waals surface area contributed by atoms with E-state index < -0.39 is 0 Å². The molecular formula is C17H28N2O2. The van der Waals surface area contributed by atoms with Crippen molar-refractivity contribution in [2.24, 2.45) is 10.9 Å². The van der Waals surface area contributed by atoms with Gasteiger partial charge in [0.1, 0.15) is 11.9 Å². The number of carbonyl (C=O) groups is 1. The second-order valence-corrected chi connectivity index (χ2v) is 6.11. The zero-order chi connectivity index (χ0) is 16.2. The van der Waals surface area contributed by atoms with Gasteiger partial charge >= 0.3 is 5.97 Å². The van der Waals surface area contributed by atoms with Crippen molar-refractivity contribution < 1.29 is 9.53 Å². The van der Waals surface area contributed by atoms with Gasteiger partial charge in [0, 0.05) is 12.7 Å². The number of hydrogen-bond donors (Lipinski definition) is 0. The monoisotopic (exact) mass is 292 g/mol. The molecule has 0 aliphatic heterocycles. The summed E-state index contributed by atoms with van der Waals surface area (Å²) in [6, 6.07) is -0.339. The number of nitrogens with zero attached hydrogens (tertiary/aromatic N) is 2. The smallest absolute Gasteiger partial charge is 0.328 e. The van der Waals surface area contributed by atoms with E-state index in [4.69, 9.17) is 4.74 Å². The topological polar surface area (TPSA) is 41.9 Å². The van der Waals surface area contributed by atoms with Gasteiger partial charge < -0.3 is 9.64 Å². The van der Waals surface area contributed by atoms with Crippen LogP contribution in [0, 0.1) is 5.92 Å². The molecule has 118 valence electrons. The molecule has 21 heavy (non-hydrogen) atoms. The van der Waals surface area contributed by atoms with E-state index in [2.05, 4.69) is 18.5 Å². The Bertz CT molecular complexity index is 475. The first kappa shape index (κ1) is 17.5. The van der Waals surface area contributed by atoms with E-state index in [1.54, 1.807) is 0 Å². The molecule has 4 nitrogen and oxygen atoms in total. The SMILES string of the molecule is C=C(C)N=C(C1=C(C)CCC1)N(C)C(C(=O)OC)C(C)C. The van der Waals surface area contributed by atoms with Gasteiger partial charge in [-0.05, 0) is 44.6 Å². The molecule has 0 fully saturated rings. The van der Waals surface area contributed by atoms with Crippen molar-refractivity contribution in [2.45, 2.75) is 53.0 Å². The van der Waals surface area contributed by atoms with Crippen LogP contribution in [0.5, 0.6) is 0 Å². The third-order valence-electron chi connectivity index (χ3n) is 3.89. The van der Waals surface area contributed by atoms with Gasteiger partial charge in [0.05, 0.1) is 7.11 Å². The Balaban J connectivity index is 3.22. The molecule has 0 N–H and O–H groups in total. The summed E-state index contributed by atoms with van der Waals surface area (Å²) in [5.74, 6) is 0.778. The Morgan fingerprint density at radius 3 is 2.38 bits per heavy atom. The van der Waals surface area contributed by atoms with E-state index in [1.807, 2.05) is 32.7 Å². The minimum atomic E-state index is -0.339. The molecule has 4 heteroatoms. The van der Waals surface area contributed by atoms with E-state index in [0.29, 0.717) is 0 Å². The molecule has 0 saturated heterocycles. The largest absolute Gasteiger partial charge is 0.467 e. The molecule has 1 aliphatic rings. The van der Waals surface area contributed by atoms with Crippen LogP contribution < -0.4 is 0 Å². The fourth-order valence-corrected chi connectivity index (χ4v) is 2.87. The average molecular weight is 292 g/mol. The predicted octanol–water partition coefficient (Wildman–Crippen LogP) is 3.55. The third-order valence-corrected chi connectivity index (χ3v) is 3.89. The summed E-state index contributed by atoms with van der Waals surface area (Å²) in [6.07, 6.45) is 3.26. The lowest BCUT2D eigenvalue weighted by molar-refractivity contribution is -0.146. The number of likely N-dealkylation sites (N-methyl/N-ethyl adjacent to an activating group) is 1. The third kappa shape index (κ3) is 4.19. The number of esters is 1. The Morgan fingerprint density at radius 2 is 2.00 bits per heavy atom. The lowest BCUT2D eigenvalue weighted by Gasteiger charge is -2.32. The molecule has 1 unspecified atom stereocenters. The van der Waals surface area contributed by atoms with Crippen LogP contribution in [0.2, 0.25) is 0 Å². The Labute approximate surface area is 128 Å². The van der Waals surface area contributed by atoms with Crippen LogP contribution >= 0.6 is 0 Å². The molecule has 1 aliphatic carbocycles. The first-order valence-corrected chi connectivity index (χ1v) is 7.53. The van der Waals surface area contributed by atoms with Crippen molar-refractivity contribution in [3.05, 3.63) is 23.4 Å². The van der Waals surface area contributed by atoms with E-state index in [0.717, 1.165) is 30.8 Å². The number of rotatable bonds is 5. The van der Waals surface area contributed by atoms with Crippen molar-refractivity contribution in [1.29, 1.82) is 0 Å². The van der Waals surface area contributed by atoms with Gasteiger partial charge in [-0.15, -0.1) is 0 Å². The molecule has 1 atom stereocenters. The fourth-order valence-electron chi connectivity index (χ4n) is 2.87. The van der Waals surface area contributed by atoms with Gasteiger partial charge in [0.2, 0.25) is 0 Å². The van der Waals surface area contributed by atoms with Crippen molar-refractivity contribution in [3.8, 4) is 0 Å². The normalized spacial score (nSPS) is 17.2. The van der Waals surface area contributed by atoms with Crippen LogP contribution in [0.1, 0.15) is 47.0 Å². The number of methoxy groups -OCH3 is 1. The van der Waals surface area contributed by atoms with Crippen molar-refractivity contribution in [2.75, 3.05) is 14.2 Å². The maximum atomic E-state index is 12.1. The lowest BCUT2D eigenvalue weighted by atomic mass is 10.0. The standard InChI is InChI=1S/C17H28N2O2/c1-11(2)15(17(20)21-7)19(6)16(18-12(3)4)14-10-8-9-13(14)5/h11,15H,3,8-10H2,1-2,4-7H3. The zero-order valence-corrected chi connectivity index (χ0v) is 14.2. The maximum Gasteiger partial charge on any atom is 0.328 e. The minimum Gasteiger partial charge on any atom is -0.467 e. The average Bonchev–Trinajstić information content (AvgIpc) is 2.81. The molecule has 0 saturated carbocycles. The number of ether oxygens (including phenoxy) is 1. The van der Waals surface area contributed by atoms with Crippen LogP contribution in [-0.2, 0) is 9.53 Å². The second-order valence-electron chi connectivity index (χ2n) is 6.11. The van der Waals surface area contributed by atoms with Crippen molar-refractivity contribution in [1.82, 2.24) is 4.90 Å². The van der Waals surface area contributed by atoms with Gasteiger partial charge in [0.15, 0.2) is 0 Å². The van der Waals surface area contributed by atoms with Gasteiger partial charge in [-0.25, -0.2) is 9.79 Å². The van der Waals surface area contributed by atoms with E-state index >= 15 is 0 Å². The number of hydrogen-bond acceptors (Lipinski definition) is 3. The highest BCUT2D eigenvalue weighted by molar-refractivity contribution is 6.01. The van der Waals surface area contributed by atoms with Crippen LogP contribution in [0.3, 0.4) is 0 Å². The quantitative estimate of drug-likeness (QED) is 0.442. The molecule has 1 rings (SSSR count). The molecule has 0 heterocycles. The molecule has 0 amide bonds. The summed E-state index contributed by atoms with van der Waals surface area (Å²) < 4.78 is 4.97. The Hall–Kier alpha value is -1.58. The number of amidine groups is 1. The molecule has 0 bridgehead atoms. The van der Waals surface area contributed by atoms with Crippen LogP contribution in [0.15, 0.2) is 28.4 Å². The van der Waals surface area contributed by atoms with Gasteiger partial charge in [-0.3, -0.25) is 0 Å². The number of aliphatic imine (C=N–C) groups is 1. The number of allylic oxidation sites excluding steroid dienone is 2. The highest BCUT2D eigenvalue weighted by atomic mass is 16.5. The van der Waals surface area contributed by atoms with Crippen molar-refractivity contribution >= 4 is 11.8 Å². The summed E-state index contributed by atoms with van der Waals surface area (Å²) >= 11 is 0. The maximum absolute atomic E-state index is 12.1. The van der Waals surface area contributed by atoms with E-state index in [1.165, 1.54) is 18.3 Å². The van der Waals surface area contributed by atoms with Crippen molar-refractivity contribution in [3.63, 3.8) is 0 Å². The first-order chi connectivity index (χ1) is 9.79. The summed E-state index contributed by atoms with van der Waals surface area (Å²) in [5.41, 5.74) is 3.35. The van der Waals surface area contributed by atoms with Gasteiger partial charge in [-0.2, -0.15) is 0 Å². The first-order valence-electron chi connectivity index (χ1n) is 7.53. The number of carbonyl (C=O) groups excluding carboxylic acids is 1. The molecule has 0 aromatic rings. The van der Waals surface area contributed by atoms with E-state index in [9.17, 15) is 4.79 Å². The van der Waals surface area contributed by atoms with Gasteiger partial charge in [-0.1, -0.05) is 26.0 Å². The Kier molecular flexibility index (Phi) is 6.19. The molecule has 0 radical (unpaired) electrons. The van der Waals surface area contributed by atoms with Gasteiger partial charge in [0.25, 0.3) is 0 Å². The fraction of sp³-hybridized carbons (Fsp3) is 0.647. The minimum absolute atomic E-state index is 0.139. The highest BCUT2D eigenvalue weighted by Gasteiger charge is 2.32. The van der Waals surface area contributed by atoms with Crippen LogP contribution in [-0.4, -0.2) is 36.9 Å². The van der Waals surface area contributed by atoms with Crippen LogP contribution in [0.25, 0.3) is 0 Å². The molecule has 0 spiro atoms. The molecular weight excluding hydrogens is 264 g/mol. The zero-order valence-electron chi connectivity index (χ0n) is 14.2. The lowest BCUT2D eigenvalue weighted by Crippen LogP contribution is -2.47. The predicted molar refractivity (Wildman–Crippen MR) is 87.2 cm³/mol. The van der Waals surface area contributed by atoms with Crippen LogP contribution in [0.4, 0.5) is 0 Å².